The maximum Gasteiger partial charge on any atom is 0.253 e. The highest BCUT2D eigenvalue weighted by Crippen LogP contribution is 2.25. The number of nitrogens with one attached hydrogen (secondary N) is 2. The lowest BCUT2D eigenvalue weighted by atomic mass is 9.97. The molecule has 0 atom stereocenters. The minimum atomic E-state index is -3.53. The van der Waals surface area contributed by atoms with Crippen LogP contribution in [0.25, 0.3) is 0 Å². The van der Waals surface area contributed by atoms with Crippen LogP contribution in [0.3, 0.4) is 0 Å². The topological polar surface area (TPSA) is 95.6 Å². The van der Waals surface area contributed by atoms with Gasteiger partial charge in [-0.1, -0.05) is 48.9 Å². The number of hydrogen-bond donors (Lipinski definition) is 2. The SMILES string of the molecule is CCCNC(=O)c1ccccc1NC(=O)C1CCN(S(=O)(=O)Cc2ccccc2Cl)CC1. The van der Waals surface area contributed by atoms with Crippen LogP contribution in [0.5, 0.6) is 0 Å². The maximum atomic E-state index is 12.8. The molecule has 9 heteroatoms. The number of sulfonamides is 1. The van der Waals surface area contributed by atoms with Gasteiger partial charge in [0.05, 0.1) is 17.0 Å². The summed E-state index contributed by atoms with van der Waals surface area (Å²) >= 11 is 6.11. The van der Waals surface area contributed by atoms with Gasteiger partial charge < -0.3 is 10.6 Å². The molecular weight excluding hydrogens is 450 g/mol. The summed E-state index contributed by atoms with van der Waals surface area (Å²) in [6.45, 7) is 3.06. The monoisotopic (exact) mass is 477 g/mol. The first-order chi connectivity index (χ1) is 15.3. The molecule has 7 nitrogen and oxygen atoms in total. The molecule has 172 valence electrons. The number of carbonyl (C=O) groups excluding carboxylic acids is 2. The van der Waals surface area contributed by atoms with Crippen LogP contribution < -0.4 is 10.6 Å². The Balaban J connectivity index is 1.59. The van der Waals surface area contributed by atoms with Crippen LogP contribution in [0.1, 0.15) is 42.1 Å². The van der Waals surface area contributed by atoms with Gasteiger partial charge in [-0.2, -0.15) is 0 Å². The van der Waals surface area contributed by atoms with Crippen molar-refractivity contribution in [2.24, 2.45) is 5.92 Å². The number of carbonyl (C=O) groups is 2. The Hall–Kier alpha value is -2.42. The summed E-state index contributed by atoms with van der Waals surface area (Å²) in [6.07, 6.45) is 1.65. The lowest BCUT2D eigenvalue weighted by molar-refractivity contribution is -0.120. The molecule has 2 amide bonds. The zero-order valence-corrected chi connectivity index (χ0v) is 19.6. The van der Waals surface area contributed by atoms with E-state index in [0.717, 1.165) is 6.42 Å². The van der Waals surface area contributed by atoms with Crippen molar-refractivity contribution in [3.63, 3.8) is 0 Å². The molecule has 2 aromatic rings. The fourth-order valence-corrected chi connectivity index (χ4v) is 5.53. The summed E-state index contributed by atoms with van der Waals surface area (Å²) in [6, 6.07) is 13.8. The average molecular weight is 478 g/mol. The van der Waals surface area contributed by atoms with Crippen LogP contribution in [0.15, 0.2) is 48.5 Å². The van der Waals surface area contributed by atoms with Gasteiger partial charge in [0.15, 0.2) is 0 Å². The molecule has 0 aromatic heterocycles. The summed E-state index contributed by atoms with van der Waals surface area (Å²) < 4.78 is 27.0. The van der Waals surface area contributed by atoms with Gasteiger partial charge in [0, 0.05) is 30.6 Å². The molecule has 0 unspecified atom stereocenters. The van der Waals surface area contributed by atoms with Crippen molar-refractivity contribution >= 4 is 39.1 Å². The van der Waals surface area contributed by atoms with E-state index < -0.39 is 10.0 Å². The number of benzene rings is 2. The molecule has 1 aliphatic heterocycles. The average Bonchev–Trinajstić information content (AvgIpc) is 2.79. The number of anilines is 1. The van der Waals surface area contributed by atoms with Crippen LogP contribution in [-0.4, -0.2) is 44.2 Å². The molecule has 1 saturated heterocycles. The number of hydrogen-bond acceptors (Lipinski definition) is 4. The molecule has 1 heterocycles. The molecule has 2 N–H and O–H groups in total. The van der Waals surface area contributed by atoms with Crippen molar-refractivity contribution in [2.75, 3.05) is 25.0 Å². The number of rotatable bonds is 8. The molecule has 32 heavy (non-hydrogen) atoms. The Morgan fingerprint density at radius 3 is 2.41 bits per heavy atom. The second-order valence-corrected chi connectivity index (χ2v) is 10.2. The van der Waals surface area contributed by atoms with Gasteiger partial charge in [-0.15, -0.1) is 0 Å². The third-order valence-corrected chi connectivity index (χ3v) is 7.68. The molecule has 3 rings (SSSR count). The van der Waals surface area contributed by atoms with Crippen LogP contribution in [0.2, 0.25) is 5.02 Å². The first kappa shape index (κ1) is 24.2. The lowest BCUT2D eigenvalue weighted by Gasteiger charge is -2.30. The minimum Gasteiger partial charge on any atom is -0.352 e. The van der Waals surface area contributed by atoms with Crippen LogP contribution in [-0.2, 0) is 20.6 Å². The zero-order chi connectivity index (χ0) is 23.1. The van der Waals surface area contributed by atoms with E-state index in [9.17, 15) is 18.0 Å². The molecule has 0 bridgehead atoms. The van der Waals surface area contributed by atoms with E-state index in [1.807, 2.05) is 6.92 Å². The molecule has 0 aliphatic carbocycles. The molecule has 1 aliphatic rings. The number of nitrogens with zero attached hydrogens (tertiary/aromatic N) is 1. The first-order valence-corrected chi connectivity index (χ1v) is 12.7. The van der Waals surface area contributed by atoms with E-state index in [2.05, 4.69) is 10.6 Å². The Kier molecular flexibility index (Phi) is 8.28. The van der Waals surface area contributed by atoms with Crippen molar-refractivity contribution in [3.05, 3.63) is 64.7 Å². The number of piperidine rings is 1. The lowest BCUT2D eigenvalue weighted by Crippen LogP contribution is -2.42. The Labute approximate surface area is 194 Å². The maximum absolute atomic E-state index is 12.8. The van der Waals surface area contributed by atoms with E-state index in [-0.39, 0.29) is 36.6 Å². The van der Waals surface area contributed by atoms with Crippen LogP contribution in [0.4, 0.5) is 5.69 Å². The Morgan fingerprint density at radius 2 is 1.72 bits per heavy atom. The molecule has 0 radical (unpaired) electrons. The predicted octanol–water partition coefficient (Wildman–Crippen LogP) is 3.66. The smallest absolute Gasteiger partial charge is 0.253 e. The molecular formula is C23H28ClN3O4S. The minimum absolute atomic E-state index is 0.163. The van der Waals surface area contributed by atoms with Crippen molar-refractivity contribution in [1.82, 2.24) is 9.62 Å². The summed E-state index contributed by atoms with van der Waals surface area (Å²) in [5, 5.41) is 6.09. The summed E-state index contributed by atoms with van der Waals surface area (Å²) in [4.78, 5) is 25.2. The van der Waals surface area contributed by atoms with Gasteiger partial charge in [-0.05, 0) is 43.0 Å². The third-order valence-electron chi connectivity index (χ3n) is 5.48. The van der Waals surface area contributed by atoms with Crippen LogP contribution >= 0.6 is 11.6 Å². The van der Waals surface area contributed by atoms with Crippen LogP contribution in [0, 0.1) is 5.92 Å². The molecule has 1 fully saturated rings. The fourth-order valence-electron chi connectivity index (χ4n) is 3.66. The van der Waals surface area contributed by atoms with Crippen molar-refractivity contribution in [1.29, 1.82) is 0 Å². The Morgan fingerprint density at radius 1 is 1.06 bits per heavy atom. The predicted molar refractivity (Wildman–Crippen MR) is 126 cm³/mol. The van der Waals surface area contributed by atoms with Gasteiger partial charge in [0.2, 0.25) is 15.9 Å². The van der Waals surface area contributed by atoms with Crippen molar-refractivity contribution in [2.45, 2.75) is 31.9 Å². The molecule has 0 saturated carbocycles. The largest absolute Gasteiger partial charge is 0.352 e. The van der Waals surface area contributed by atoms with Crippen molar-refractivity contribution < 1.29 is 18.0 Å². The quantitative estimate of drug-likeness (QED) is 0.606. The van der Waals surface area contributed by atoms with E-state index in [0.29, 0.717) is 41.2 Å². The van der Waals surface area contributed by atoms with Gasteiger partial charge >= 0.3 is 0 Å². The standard InChI is InChI=1S/C23H28ClN3O4S/c1-2-13-25-23(29)19-8-4-6-10-21(19)26-22(28)17-11-14-27(15-12-17)32(30,31)16-18-7-3-5-9-20(18)24/h3-10,17H,2,11-16H2,1H3,(H,25,29)(H,26,28). The van der Waals surface area contributed by atoms with E-state index in [4.69, 9.17) is 11.6 Å². The normalized spacial score (nSPS) is 15.3. The van der Waals surface area contributed by atoms with E-state index in [1.54, 1.807) is 48.5 Å². The summed E-state index contributed by atoms with van der Waals surface area (Å²) in [5.74, 6) is -0.926. The van der Waals surface area contributed by atoms with Gasteiger partial charge in [0.1, 0.15) is 0 Å². The number of halogens is 1. The first-order valence-electron chi connectivity index (χ1n) is 10.7. The second-order valence-electron chi connectivity index (χ2n) is 7.81. The van der Waals surface area contributed by atoms with Gasteiger partial charge in [-0.3, -0.25) is 9.59 Å². The molecule has 0 spiro atoms. The highest BCUT2D eigenvalue weighted by atomic mass is 35.5. The number of amides is 2. The summed E-state index contributed by atoms with van der Waals surface area (Å²) in [5.41, 5.74) is 1.43. The second kappa shape index (κ2) is 10.9. The third kappa shape index (κ3) is 6.09. The van der Waals surface area contributed by atoms with E-state index in [1.165, 1.54) is 4.31 Å². The van der Waals surface area contributed by atoms with Gasteiger partial charge in [-0.25, -0.2) is 12.7 Å². The Bertz CT molecular complexity index is 1070. The zero-order valence-electron chi connectivity index (χ0n) is 18.0. The highest BCUT2D eigenvalue weighted by Gasteiger charge is 2.31. The van der Waals surface area contributed by atoms with Gasteiger partial charge in [0.25, 0.3) is 5.91 Å². The summed E-state index contributed by atoms with van der Waals surface area (Å²) in [7, 11) is -3.53. The molecule has 2 aromatic carbocycles. The highest BCUT2D eigenvalue weighted by molar-refractivity contribution is 7.88. The van der Waals surface area contributed by atoms with Crippen molar-refractivity contribution in [3.8, 4) is 0 Å². The van der Waals surface area contributed by atoms with E-state index >= 15 is 0 Å². The number of para-hydroxylation sites is 1. The fraction of sp³-hybridized carbons (Fsp3) is 0.391.